The van der Waals surface area contributed by atoms with E-state index in [0.717, 1.165) is 23.8 Å². The Hall–Kier alpha value is -2.69. The number of hydrogen-bond acceptors (Lipinski definition) is 4. The van der Waals surface area contributed by atoms with Crippen LogP contribution in [0.25, 0.3) is 0 Å². The Morgan fingerprint density at radius 2 is 1.50 bits per heavy atom. The van der Waals surface area contributed by atoms with Gasteiger partial charge < -0.3 is 5.32 Å². The summed E-state index contributed by atoms with van der Waals surface area (Å²) >= 11 is 0. The predicted octanol–water partition coefficient (Wildman–Crippen LogP) is 2.82. The number of alkyl halides is 6. The van der Waals surface area contributed by atoms with Gasteiger partial charge in [0.15, 0.2) is 0 Å². The predicted molar refractivity (Wildman–Crippen MR) is 77.6 cm³/mol. The van der Waals surface area contributed by atoms with Crippen LogP contribution in [0.1, 0.15) is 15.9 Å². The van der Waals surface area contributed by atoms with E-state index in [1.165, 1.54) is 35.9 Å². The number of halogens is 6. The van der Waals surface area contributed by atoms with Gasteiger partial charge in [-0.15, -0.1) is 0 Å². The molecule has 2 aromatic heterocycles. The molecule has 0 saturated heterocycles. The number of hydrogen-bond donors (Lipinski definition) is 2. The maximum atomic E-state index is 13.4. The number of amides is 1. The molecule has 5 nitrogen and oxygen atoms in total. The summed E-state index contributed by atoms with van der Waals surface area (Å²) < 4.78 is 80.5. The topological polar surface area (TPSA) is 66.9 Å². The third-order valence-electron chi connectivity index (χ3n) is 3.36. The first-order chi connectivity index (χ1) is 12.1. The quantitative estimate of drug-likeness (QED) is 0.620. The van der Waals surface area contributed by atoms with Crippen LogP contribution in [0.5, 0.6) is 0 Å². The largest absolute Gasteiger partial charge is 0.434 e. The standard InChI is InChI=1S/C15H12F6N4O/c16-14(17,18)13(15(19,20)21,24-8-10-3-1-5-22-7-10)25-12(26)11-4-2-6-23-9-11/h1-7,9,24H,8H2,(H,25,26). The van der Waals surface area contributed by atoms with Crippen LogP contribution < -0.4 is 10.6 Å². The summed E-state index contributed by atoms with van der Waals surface area (Å²) in [7, 11) is 0. The minimum absolute atomic E-state index is 0.0704. The van der Waals surface area contributed by atoms with Gasteiger partial charge >= 0.3 is 12.4 Å². The Balaban J connectivity index is 2.38. The molecule has 0 bridgehead atoms. The molecule has 0 aromatic carbocycles. The fourth-order valence-electron chi connectivity index (χ4n) is 2.02. The molecular formula is C15H12F6N4O. The van der Waals surface area contributed by atoms with Crippen molar-refractivity contribution in [3.63, 3.8) is 0 Å². The number of rotatable bonds is 5. The summed E-state index contributed by atoms with van der Waals surface area (Å²) in [6, 6.07) is 4.90. The van der Waals surface area contributed by atoms with Crippen LogP contribution in [0, 0.1) is 0 Å². The fraction of sp³-hybridized carbons (Fsp3) is 0.267. The Morgan fingerprint density at radius 1 is 0.923 bits per heavy atom. The van der Waals surface area contributed by atoms with Gasteiger partial charge in [-0.1, -0.05) is 6.07 Å². The smallest absolute Gasteiger partial charge is 0.319 e. The van der Waals surface area contributed by atoms with Crippen molar-refractivity contribution in [2.75, 3.05) is 0 Å². The molecule has 140 valence electrons. The summed E-state index contributed by atoms with van der Waals surface area (Å²) in [5, 5.41) is 2.42. The fourth-order valence-corrected chi connectivity index (χ4v) is 2.02. The first-order valence-electron chi connectivity index (χ1n) is 7.07. The molecule has 0 aliphatic rings. The highest BCUT2D eigenvalue weighted by atomic mass is 19.4. The Kier molecular flexibility index (Phi) is 5.50. The third-order valence-corrected chi connectivity index (χ3v) is 3.36. The van der Waals surface area contributed by atoms with Crippen LogP contribution in [0.3, 0.4) is 0 Å². The zero-order chi connectivity index (χ0) is 19.4. The number of pyridine rings is 2. The monoisotopic (exact) mass is 378 g/mol. The molecule has 11 heteroatoms. The minimum atomic E-state index is -5.87. The molecule has 0 radical (unpaired) electrons. The average Bonchev–Trinajstić information content (AvgIpc) is 2.58. The molecule has 0 saturated carbocycles. The van der Waals surface area contributed by atoms with Crippen LogP contribution in [0.4, 0.5) is 26.3 Å². The molecule has 1 amide bonds. The van der Waals surface area contributed by atoms with Crippen molar-refractivity contribution in [3.8, 4) is 0 Å². The highest BCUT2D eigenvalue weighted by molar-refractivity contribution is 5.94. The molecule has 0 unspecified atom stereocenters. The molecule has 0 spiro atoms. The van der Waals surface area contributed by atoms with Crippen LogP contribution in [-0.2, 0) is 6.54 Å². The van der Waals surface area contributed by atoms with Crippen molar-refractivity contribution < 1.29 is 31.1 Å². The molecule has 0 fully saturated rings. The van der Waals surface area contributed by atoms with E-state index in [4.69, 9.17) is 0 Å². The lowest BCUT2D eigenvalue weighted by Crippen LogP contribution is -2.75. The molecule has 0 atom stereocenters. The minimum Gasteiger partial charge on any atom is -0.319 e. The highest BCUT2D eigenvalue weighted by Gasteiger charge is 2.72. The number of nitrogens with zero attached hydrogens (tertiary/aromatic N) is 2. The summed E-state index contributed by atoms with van der Waals surface area (Å²) in [6.07, 6.45) is -7.25. The highest BCUT2D eigenvalue weighted by Crippen LogP contribution is 2.41. The zero-order valence-corrected chi connectivity index (χ0v) is 12.9. The van der Waals surface area contributed by atoms with Crippen LogP contribution in [-0.4, -0.2) is 33.9 Å². The number of carbonyl (C=O) groups is 1. The van der Waals surface area contributed by atoms with Crippen LogP contribution in [0.2, 0.25) is 0 Å². The van der Waals surface area contributed by atoms with Gasteiger partial charge in [0, 0.05) is 31.3 Å². The Bertz CT molecular complexity index is 719. The van der Waals surface area contributed by atoms with Crippen molar-refractivity contribution in [1.82, 2.24) is 20.6 Å². The van der Waals surface area contributed by atoms with Crippen molar-refractivity contribution in [2.45, 2.75) is 24.6 Å². The molecule has 0 aliphatic heterocycles. The lowest BCUT2D eigenvalue weighted by molar-refractivity contribution is -0.314. The molecule has 2 heterocycles. The van der Waals surface area contributed by atoms with E-state index in [9.17, 15) is 31.1 Å². The third kappa shape index (κ3) is 4.10. The maximum absolute atomic E-state index is 13.4. The second-order valence-electron chi connectivity index (χ2n) is 5.16. The average molecular weight is 378 g/mol. The van der Waals surface area contributed by atoms with Gasteiger partial charge in [0.25, 0.3) is 11.6 Å². The number of carbonyl (C=O) groups excluding carboxylic acids is 1. The van der Waals surface area contributed by atoms with E-state index < -0.39 is 36.0 Å². The van der Waals surface area contributed by atoms with E-state index in [1.807, 2.05) is 0 Å². The van der Waals surface area contributed by atoms with Gasteiger partial charge in [-0.25, -0.2) is 0 Å². The van der Waals surface area contributed by atoms with E-state index >= 15 is 0 Å². The molecule has 2 N–H and O–H groups in total. The summed E-state index contributed by atoms with van der Waals surface area (Å²) in [6.45, 7) is -0.833. The van der Waals surface area contributed by atoms with Gasteiger partial charge in [0.05, 0.1) is 5.56 Å². The Morgan fingerprint density at radius 3 is 1.96 bits per heavy atom. The lowest BCUT2D eigenvalue weighted by atomic mass is 10.1. The normalized spacial score (nSPS) is 12.7. The van der Waals surface area contributed by atoms with Crippen LogP contribution >= 0.6 is 0 Å². The van der Waals surface area contributed by atoms with E-state index in [0.29, 0.717) is 0 Å². The van der Waals surface area contributed by atoms with Crippen molar-refractivity contribution in [1.29, 1.82) is 0 Å². The number of nitrogens with one attached hydrogen (secondary N) is 2. The summed E-state index contributed by atoms with van der Waals surface area (Å²) in [5.74, 6) is -1.58. The van der Waals surface area contributed by atoms with Crippen molar-refractivity contribution in [3.05, 3.63) is 60.2 Å². The van der Waals surface area contributed by atoms with Crippen molar-refractivity contribution >= 4 is 5.91 Å². The SMILES string of the molecule is O=C(NC(NCc1cccnc1)(C(F)(F)F)C(F)(F)F)c1cccnc1. The molecule has 26 heavy (non-hydrogen) atoms. The van der Waals surface area contributed by atoms with Gasteiger partial charge in [-0.3, -0.25) is 20.1 Å². The first-order valence-corrected chi connectivity index (χ1v) is 7.07. The second-order valence-corrected chi connectivity index (χ2v) is 5.16. The maximum Gasteiger partial charge on any atom is 0.434 e. The molecule has 0 aliphatic carbocycles. The summed E-state index contributed by atoms with van der Waals surface area (Å²) in [5.41, 5.74) is -5.03. The zero-order valence-electron chi connectivity index (χ0n) is 12.9. The van der Waals surface area contributed by atoms with Gasteiger partial charge in [0.1, 0.15) is 0 Å². The van der Waals surface area contributed by atoms with E-state index in [1.54, 1.807) is 0 Å². The van der Waals surface area contributed by atoms with Gasteiger partial charge in [0.2, 0.25) is 0 Å². The van der Waals surface area contributed by atoms with E-state index in [-0.39, 0.29) is 5.56 Å². The lowest BCUT2D eigenvalue weighted by Gasteiger charge is -2.38. The number of aromatic nitrogens is 2. The van der Waals surface area contributed by atoms with Gasteiger partial charge in [-0.2, -0.15) is 26.3 Å². The second kappa shape index (κ2) is 7.28. The molecular weight excluding hydrogens is 366 g/mol. The Labute approximate surface area is 143 Å². The summed E-state index contributed by atoms with van der Waals surface area (Å²) in [4.78, 5) is 19.1. The first kappa shape index (κ1) is 19.6. The van der Waals surface area contributed by atoms with Crippen LogP contribution in [0.15, 0.2) is 49.1 Å². The van der Waals surface area contributed by atoms with E-state index in [2.05, 4.69) is 9.97 Å². The van der Waals surface area contributed by atoms with Gasteiger partial charge in [-0.05, 0) is 23.8 Å². The molecule has 2 rings (SSSR count). The van der Waals surface area contributed by atoms with Crippen molar-refractivity contribution in [2.24, 2.45) is 0 Å². The molecule has 2 aromatic rings.